The average molecular weight is 307 g/mol. The summed E-state index contributed by atoms with van der Waals surface area (Å²) in [5.41, 5.74) is 1.99. The maximum absolute atomic E-state index is 12.0. The molecule has 0 saturated carbocycles. The molecule has 114 valence electrons. The standard InChI is InChI=1S/C14H21N5OS/c1-5-9(2)12-8-21-14(17-12)18-13(20)16-10(3)11-6-15-19(4)7-11/h6-10H,5H2,1-4H3,(H2,16,17,18,20)/t9-,10+/m1/s1. The van der Waals surface area contributed by atoms with Gasteiger partial charge in [0.1, 0.15) is 0 Å². The highest BCUT2D eigenvalue weighted by molar-refractivity contribution is 7.13. The fourth-order valence-corrected chi connectivity index (χ4v) is 2.68. The van der Waals surface area contributed by atoms with Crippen molar-refractivity contribution in [3.05, 3.63) is 29.0 Å². The number of aromatic nitrogens is 3. The number of thiazole rings is 1. The number of carbonyl (C=O) groups is 1. The van der Waals surface area contributed by atoms with Crippen LogP contribution in [0.5, 0.6) is 0 Å². The van der Waals surface area contributed by atoms with Crippen molar-refractivity contribution in [1.29, 1.82) is 0 Å². The molecule has 2 heterocycles. The van der Waals surface area contributed by atoms with Crippen molar-refractivity contribution in [2.24, 2.45) is 7.05 Å². The SMILES string of the molecule is CC[C@@H](C)c1csc(NC(=O)N[C@@H](C)c2cnn(C)c2)n1. The summed E-state index contributed by atoms with van der Waals surface area (Å²) in [6, 6.07) is -0.357. The van der Waals surface area contributed by atoms with Crippen LogP contribution >= 0.6 is 11.3 Å². The van der Waals surface area contributed by atoms with Crippen LogP contribution in [0.15, 0.2) is 17.8 Å². The first-order valence-electron chi connectivity index (χ1n) is 7.01. The highest BCUT2D eigenvalue weighted by atomic mass is 32.1. The topological polar surface area (TPSA) is 71.8 Å². The Hall–Kier alpha value is -1.89. The summed E-state index contributed by atoms with van der Waals surface area (Å²) in [7, 11) is 1.85. The van der Waals surface area contributed by atoms with E-state index in [2.05, 4.69) is 34.6 Å². The van der Waals surface area contributed by atoms with E-state index in [1.165, 1.54) is 11.3 Å². The number of nitrogens with one attached hydrogen (secondary N) is 2. The van der Waals surface area contributed by atoms with E-state index in [-0.39, 0.29) is 12.1 Å². The lowest BCUT2D eigenvalue weighted by Crippen LogP contribution is -2.31. The van der Waals surface area contributed by atoms with Crippen LogP contribution in [0.1, 0.15) is 50.4 Å². The summed E-state index contributed by atoms with van der Waals surface area (Å²) in [5, 5.41) is 12.4. The van der Waals surface area contributed by atoms with Gasteiger partial charge in [-0.1, -0.05) is 13.8 Å². The van der Waals surface area contributed by atoms with Crippen molar-refractivity contribution in [2.45, 2.75) is 39.2 Å². The summed E-state index contributed by atoms with van der Waals surface area (Å²) in [6.45, 7) is 6.17. The monoisotopic (exact) mass is 307 g/mol. The molecule has 0 bridgehead atoms. The molecule has 0 aliphatic heterocycles. The Kier molecular flexibility index (Phi) is 4.95. The van der Waals surface area contributed by atoms with E-state index in [1.54, 1.807) is 10.9 Å². The van der Waals surface area contributed by atoms with Gasteiger partial charge in [-0.3, -0.25) is 10.00 Å². The maximum atomic E-state index is 12.0. The second-order valence-electron chi connectivity index (χ2n) is 5.15. The molecule has 2 amide bonds. The molecule has 2 rings (SSSR count). The first-order chi connectivity index (χ1) is 9.99. The van der Waals surface area contributed by atoms with Gasteiger partial charge in [-0.15, -0.1) is 11.3 Å². The lowest BCUT2D eigenvalue weighted by molar-refractivity contribution is 0.249. The van der Waals surface area contributed by atoms with Gasteiger partial charge in [-0.25, -0.2) is 9.78 Å². The molecular weight excluding hydrogens is 286 g/mol. The van der Waals surface area contributed by atoms with Crippen LogP contribution in [0.2, 0.25) is 0 Å². The molecule has 2 N–H and O–H groups in total. The minimum atomic E-state index is -0.253. The molecule has 2 aromatic rings. The number of urea groups is 1. The molecule has 0 radical (unpaired) electrons. The maximum Gasteiger partial charge on any atom is 0.321 e. The summed E-state index contributed by atoms with van der Waals surface area (Å²) in [5.74, 6) is 0.411. The van der Waals surface area contributed by atoms with Crippen LogP contribution in [0.25, 0.3) is 0 Å². The van der Waals surface area contributed by atoms with E-state index in [0.717, 1.165) is 17.7 Å². The summed E-state index contributed by atoms with van der Waals surface area (Å²) in [6.07, 6.45) is 4.66. The smallest absolute Gasteiger partial charge is 0.321 e. The van der Waals surface area contributed by atoms with Gasteiger partial charge in [0.25, 0.3) is 0 Å². The predicted octanol–water partition coefficient (Wildman–Crippen LogP) is 3.27. The van der Waals surface area contributed by atoms with E-state index in [1.807, 2.05) is 25.5 Å². The highest BCUT2D eigenvalue weighted by Gasteiger charge is 2.13. The highest BCUT2D eigenvalue weighted by Crippen LogP contribution is 2.23. The molecule has 0 aliphatic carbocycles. The molecule has 2 atom stereocenters. The summed E-state index contributed by atoms with van der Waals surface area (Å²) in [4.78, 5) is 16.4. The zero-order valence-corrected chi connectivity index (χ0v) is 13.6. The van der Waals surface area contributed by atoms with Gasteiger partial charge in [-0.05, 0) is 19.3 Å². The van der Waals surface area contributed by atoms with Crippen molar-refractivity contribution in [2.75, 3.05) is 5.32 Å². The third-order valence-electron chi connectivity index (χ3n) is 3.43. The van der Waals surface area contributed by atoms with Gasteiger partial charge in [0, 0.05) is 24.2 Å². The Morgan fingerprint density at radius 3 is 2.86 bits per heavy atom. The zero-order chi connectivity index (χ0) is 15.4. The van der Waals surface area contributed by atoms with Crippen LogP contribution in [0, 0.1) is 0 Å². The molecular formula is C14H21N5OS. The second-order valence-corrected chi connectivity index (χ2v) is 6.01. The van der Waals surface area contributed by atoms with E-state index in [0.29, 0.717) is 11.0 Å². The first-order valence-corrected chi connectivity index (χ1v) is 7.89. The summed E-state index contributed by atoms with van der Waals surface area (Å²) >= 11 is 1.45. The van der Waals surface area contributed by atoms with Gasteiger partial charge in [0.05, 0.1) is 17.9 Å². The molecule has 0 aromatic carbocycles. The van der Waals surface area contributed by atoms with Crippen molar-refractivity contribution in [3.8, 4) is 0 Å². The zero-order valence-electron chi connectivity index (χ0n) is 12.8. The quantitative estimate of drug-likeness (QED) is 0.890. The van der Waals surface area contributed by atoms with E-state index in [4.69, 9.17) is 0 Å². The van der Waals surface area contributed by atoms with E-state index >= 15 is 0 Å². The molecule has 6 nitrogen and oxygen atoms in total. The van der Waals surface area contributed by atoms with Crippen LogP contribution in [-0.2, 0) is 7.05 Å². The van der Waals surface area contributed by atoms with Gasteiger partial charge < -0.3 is 5.32 Å². The van der Waals surface area contributed by atoms with Crippen LogP contribution in [-0.4, -0.2) is 20.8 Å². The third-order valence-corrected chi connectivity index (χ3v) is 4.21. The Morgan fingerprint density at radius 1 is 1.48 bits per heavy atom. The van der Waals surface area contributed by atoms with Gasteiger partial charge in [0.2, 0.25) is 0 Å². The summed E-state index contributed by atoms with van der Waals surface area (Å²) < 4.78 is 1.71. The van der Waals surface area contributed by atoms with Crippen molar-refractivity contribution >= 4 is 22.5 Å². The normalized spacial score (nSPS) is 13.7. The number of hydrogen-bond donors (Lipinski definition) is 2. The Labute approximate surface area is 128 Å². The lowest BCUT2D eigenvalue weighted by Gasteiger charge is -2.11. The van der Waals surface area contributed by atoms with E-state index < -0.39 is 0 Å². The average Bonchev–Trinajstić information content (AvgIpc) is 3.07. The van der Waals surface area contributed by atoms with Gasteiger partial charge in [-0.2, -0.15) is 5.10 Å². The second kappa shape index (κ2) is 6.71. The van der Waals surface area contributed by atoms with Crippen LogP contribution in [0.3, 0.4) is 0 Å². The number of nitrogens with zero attached hydrogens (tertiary/aromatic N) is 3. The number of hydrogen-bond acceptors (Lipinski definition) is 4. The van der Waals surface area contributed by atoms with Crippen LogP contribution in [0.4, 0.5) is 9.93 Å². The number of aryl methyl sites for hydroxylation is 1. The predicted molar refractivity (Wildman–Crippen MR) is 84.6 cm³/mol. The lowest BCUT2D eigenvalue weighted by atomic mass is 10.1. The molecule has 0 fully saturated rings. The van der Waals surface area contributed by atoms with Gasteiger partial charge in [0.15, 0.2) is 5.13 Å². The number of rotatable bonds is 5. The number of carbonyl (C=O) groups excluding carboxylic acids is 1. The van der Waals surface area contributed by atoms with Crippen molar-refractivity contribution < 1.29 is 4.79 Å². The van der Waals surface area contributed by atoms with Gasteiger partial charge >= 0.3 is 6.03 Å². The van der Waals surface area contributed by atoms with Crippen molar-refractivity contribution in [3.63, 3.8) is 0 Å². The minimum absolute atomic E-state index is 0.104. The molecule has 0 unspecified atom stereocenters. The van der Waals surface area contributed by atoms with E-state index in [9.17, 15) is 4.79 Å². The molecule has 7 heteroatoms. The van der Waals surface area contributed by atoms with Crippen LogP contribution < -0.4 is 10.6 Å². The molecule has 21 heavy (non-hydrogen) atoms. The fourth-order valence-electron chi connectivity index (χ4n) is 1.86. The van der Waals surface area contributed by atoms with Crippen molar-refractivity contribution in [1.82, 2.24) is 20.1 Å². The first kappa shape index (κ1) is 15.5. The molecule has 0 aliphatic rings. The molecule has 0 spiro atoms. The Bertz CT molecular complexity index is 606. The Morgan fingerprint density at radius 2 is 2.24 bits per heavy atom. The third kappa shape index (κ3) is 4.04. The number of amides is 2. The largest absolute Gasteiger partial charge is 0.331 e. The Balaban J connectivity index is 1.91. The molecule has 0 saturated heterocycles. The fraction of sp³-hybridized carbons (Fsp3) is 0.500. The minimum Gasteiger partial charge on any atom is -0.331 e. The molecule has 2 aromatic heterocycles. The number of anilines is 1.